The van der Waals surface area contributed by atoms with Crippen molar-refractivity contribution in [3.8, 4) is 0 Å². The highest BCUT2D eigenvalue weighted by molar-refractivity contribution is 5.85. The van der Waals surface area contributed by atoms with Gasteiger partial charge in [0.2, 0.25) is 5.91 Å². The number of hydrogen-bond donors (Lipinski definition) is 2. The largest absolute Gasteiger partial charge is 0.353 e. The lowest BCUT2D eigenvalue weighted by Gasteiger charge is -2.28. The summed E-state index contributed by atoms with van der Waals surface area (Å²) in [6.07, 6.45) is 4.80. The van der Waals surface area contributed by atoms with Gasteiger partial charge in [-0.1, -0.05) is 31.0 Å². The van der Waals surface area contributed by atoms with Crippen molar-refractivity contribution in [1.82, 2.24) is 10.6 Å². The first-order chi connectivity index (χ1) is 9.25. The summed E-state index contributed by atoms with van der Waals surface area (Å²) in [7, 11) is 0. The van der Waals surface area contributed by atoms with Gasteiger partial charge in [0.25, 0.3) is 0 Å². The zero-order valence-electron chi connectivity index (χ0n) is 11.5. The van der Waals surface area contributed by atoms with Crippen LogP contribution in [0.5, 0.6) is 0 Å². The molecule has 1 atom stereocenters. The van der Waals surface area contributed by atoms with E-state index in [2.05, 4.69) is 35.8 Å². The van der Waals surface area contributed by atoms with E-state index in [0.29, 0.717) is 6.04 Å². The van der Waals surface area contributed by atoms with Crippen LogP contribution in [-0.2, 0) is 11.3 Å². The first-order valence-corrected chi connectivity index (χ1v) is 7.35. The number of amides is 1. The maximum atomic E-state index is 12.5. The predicted octanol–water partition coefficient (Wildman–Crippen LogP) is 2.24. The van der Waals surface area contributed by atoms with E-state index in [0.717, 1.165) is 25.9 Å². The highest BCUT2D eigenvalue weighted by Gasteiger charge is 2.29. The van der Waals surface area contributed by atoms with Gasteiger partial charge < -0.3 is 10.6 Å². The van der Waals surface area contributed by atoms with E-state index in [4.69, 9.17) is 0 Å². The first-order valence-electron chi connectivity index (χ1n) is 7.35. The van der Waals surface area contributed by atoms with Crippen LogP contribution in [0.3, 0.4) is 0 Å². The van der Waals surface area contributed by atoms with Gasteiger partial charge in [-0.2, -0.15) is 0 Å². The molecule has 0 radical (unpaired) electrons. The summed E-state index contributed by atoms with van der Waals surface area (Å²) in [6.45, 7) is 3.75. The summed E-state index contributed by atoms with van der Waals surface area (Å²) in [4.78, 5) is 12.5. The number of fused-ring (bicyclic) bond motifs is 1. The summed E-state index contributed by atoms with van der Waals surface area (Å²) < 4.78 is 0. The average Bonchev–Trinajstić information content (AvgIpc) is 2.91. The molecule has 19 heavy (non-hydrogen) atoms. The molecule has 1 aliphatic heterocycles. The normalized spacial score (nSPS) is 23.1. The molecule has 3 rings (SSSR count). The Morgan fingerprint density at radius 3 is 2.89 bits per heavy atom. The molecule has 1 heterocycles. The Morgan fingerprint density at radius 2 is 2.11 bits per heavy atom. The zero-order chi connectivity index (χ0) is 13.2. The molecule has 1 aliphatic carbocycles. The summed E-state index contributed by atoms with van der Waals surface area (Å²) in [5.41, 5.74) is 3.76. The Hall–Kier alpha value is -1.35. The van der Waals surface area contributed by atoms with Crippen LogP contribution in [0.2, 0.25) is 0 Å². The van der Waals surface area contributed by atoms with Crippen LogP contribution >= 0.6 is 0 Å². The number of benzene rings is 1. The van der Waals surface area contributed by atoms with Crippen LogP contribution in [0.25, 0.3) is 0 Å². The first kappa shape index (κ1) is 12.7. The van der Waals surface area contributed by atoms with Gasteiger partial charge in [0.1, 0.15) is 0 Å². The Bertz CT molecular complexity index is 478. The molecular formula is C16H22N2O. The molecule has 2 N–H and O–H groups in total. The fourth-order valence-electron chi connectivity index (χ4n) is 3.44. The standard InChI is InChI=1S/C16H22N2O/c1-11-5-4-6-12-9-17-10-14(15(11)12)16(19)18-13-7-2-3-8-13/h4-6,13-14,17H,2-3,7-10H2,1H3,(H,18,19). The Kier molecular flexibility index (Phi) is 3.56. The van der Waals surface area contributed by atoms with Gasteiger partial charge in [-0.25, -0.2) is 0 Å². The summed E-state index contributed by atoms with van der Waals surface area (Å²) in [6, 6.07) is 6.72. The molecule has 1 amide bonds. The molecule has 102 valence electrons. The Morgan fingerprint density at radius 1 is 1.32 bits per heavy atom. The van der Waals surface area contributed by atoms with Crippen molar-refractivity contribution in [3.05, 3.63) is 34.9 Å². The van der Waals surface area contributed by atoms with E-state index < -0.39 is 0 Å². The highest BCUT2D eigenvalue weighted by atomic mass is 16.2. The third-order valence-electron chi connectivity index (χ3n) is 4.44. The van der Waals surface area contributed by atoms with Crippen LogP contribution in [0.15, 0.2) is 18.2 Å². The molecule has 1 unspecified atom stereocenters. The lowest BCUT2D eigenvalue weighted by molar-refractivity contribution is -0.123. The predicted molar refractivity (Wildman–Crippen MR) is 76.0 cm³/mol. The van der Waals surface area contributed by atoms with E-state index in [1.807, 2.05) is 0 Å². The lowest BCUT2D eigenvalue weighted by Crippen LogP contribution is -2.42. The summed E-state index contributed by atoms with van der Waals surface area (Å²) in [5.74, 6) is 0.181. The molecule has 0 bridgehead atoms. The fourth-order valence-corrected chi connectivity index (χ4v) is 3.44. The smallest absolute Gasteiger partial charge is 0.229 e. The molecule has 1 fully saturated rings. The topological polar surface area (TPSA) is 41.1 Å². The molecule has 1 aromatic carbocycles. The molecule has 0 saturated heterocycles. The third-order valence-corrected chi connectivity index (χ3v) is 4.44. The summed E-state index contributed by atoms with van der Waals surface area (Å²) in [5, 5.41) is 6.60. The maximum Gasteiger partial charge on any atom is 0.229 e. The number of nitrogens with one attached hydrogen (secondary N) is 2. The number of hydrogen-bond acceptors (Lipinski definition) is 2. The SMILES string of the molecule is Cc1cccc2c1C(C(=O)NC1CCCC1)CNC2. The lowest BCUT2D eigenvalue weighted by atomic mass is 9.86. The van der Waals surface area contributed by atoms with Crippen molar-refractivity contribution < 1.29 is 4.79 Å². The van der Waals surface area contributed by atoms with Gasteiger partial charge in [0, 0.05) is 19.1 Å². The number of carbonyl (C=O) groups excluding carboxylic acids is 1. The molecule has 3 heteroatoms. The van der Waals surface area contributed by atoms with E-state index in [1.165, 1.54) is 29.5 Å². The quantitative estimate of drug-likeness (QED) is 0.854. The molecule has 1 saturated carbocycles. The maximum absolute atomic E-state index is 12.5. The van der Waals surface area contributed by atoms with Gasteiger partial charge >= 0.3 is 0 Å². The van der Waals surface area contributed by atoms with Gasteiger partial charge in [-0.05, 0) is 36.5 Å². The van der Waals surface area contributed by atoms with E-state index >= 15 is 0 Å². The molecule has 3 nitrogen and oxygen atoms in total. The number of aryl methyl sites for hydroxylation is 1. The van der Waals surface area contributed by atoms with Crippen molar-refractivity contribution in [2.45, 2.75) is 51.1 Å². The second-order valence-corrected chi connectivity index (χ2v) is 5.82. The minimum Gasteiger partial charge on any atom is -0.353 e. The van der Waals surface area contributed by atoms with Gasteiger partial charge in [-0.3, -0.25) is 4.79 Å². The molecule has 1 aromatic rings. The van der Waals surface area contributed by atoms with Gasteiger partial charge in [0.05, 0.1) is 5.92 Å². The van der Waals surface area contributed by atoms with E-state index in [1.54, 1.807) is 0 Å². The third kappa shape index (κ3) is 2.52. The van der Waals surface area contributed by atoms with Crippen molar-refractivity contribution in [3.63, 3.8) is 0 Å². The number of carbonyl (C=O) groups is 1. The van der Waals surface area contributed by atoms with Gasteiger partial charge in [-0.15, -0.1) is 0 Å². The molecular weight excluding hydrogens is 236 g/mol. The Labute approximate surface area is 114 Å². The molecule has 0 aromatic heterocycles. The number of rotatable bonds is 2. The molecule has 0 spiro atoms. The second-order valence-electron chi connectivity index (χ2n) is 5.82. The van der Waals surface area contributed by atoms with Crippen LogP contribution in [0.1, 0.15) is 48.3 Å². The van der Waals surface area contributed by atoms with Crippen LogP contribution < -0.4 is 10.6 Å². The van der Waals surface area contributed by atoms with E-state index in [-0.39, 0.29) is 11.8 Å². The van der Waals surface area contributed by atoms with Crippen molar-refractivity contribution in [2.24, 2.45) is 0 Å². The minimum absolute atomic E-state index is 0.0226. The fraction of sp³-hybridized carbons (Fsp3) is 0.562. The zero-order valence-corrected chi connectivity index (χ0v) is 11.5. The van der Waals surface area contributed by atoms with Crippen LogP contribution in [0, 0.1) is 6.92 Å². The van der Waals surface area contributed by atoms with Crippen molar-refractivity contribution >= 4 is 5.91 Å². The minimum atomic E-state index is -0.0226. The van der Waals surface area contributed by atoms with Crippen molar-refractivity contribution in [1.29, 1.82) is 0 Å². The average molecular weight is 258 g/mol. The highest BCUT2D eigenvalue weighted by Crippen LogP contribution is 2.28. The second kappa shape index (κ2) is 5.33. The van der Waals surface area contributed by atoms with Crippen LogP contribution in [0.4, 0.5) is 0 Å². The molecule has 2 aliphatic rings. The van der Waals surface area contributed by atoms with E-state index in [9.17, 15) is 4.79 Å². The Balaban J connectivity index is 1.80. The van der Waals surface area contributed by atoms with Crippen molar-refractivity contribution in [2.75, 3.05) is 6.54 Å². The van der Waals surface area contributed by atoms with Gasteiger partial charge in [0.15, 0.2) is 0 Å². The van der Waals surface area contributed by atoms with Crippen LogP contribution in [-0.4, -0.2) is 18.5 Å². The summed E-state index contributed by atoms with van der Waals surface area (Å²) >= 11 is 0. The monoisotopic (exact) mass is 258 g/mol.